The second-order valence-corrected chi connectivity index (χ2v) is 4.73. The molecule has 4 nitrogen and oxygen atoms in total. The average molecular weight is 262 g/mol. The summed E-state index contributed by atoms with van der Waals surface area (Å²) < 4.78 is 4.07. The molecular formula is C13H14N2O2S. The number of hydrogen-bond donors (Lipinski definition) is 2. The number of nitrogens with zero attached hydrogens (tertiary/aromatic N) is 1. The van der Waals surface area contributed by atoms with E-state index in [9.17, 15) is 4.79 Å². The Morgan fingerprint density at radius 2 is 2.28 bits per heavy atom. The Bertz CT molecular complexity index is 578. The van der Waals surface area contributed by atoms with Crippen molar-refractivity contribution >= 4 is 28.2 Å². The van der Waals surface area contributed by atoms with Crippen LogP contribution in [0.4, 0.5) is 10.7 Å². The Balaban J connectivity index is 2.31. The Hall–Kier alpha value is -1.88. The van der Waals surface area contributed by atoms with Gasteiger partial charge in [0.15, 0.2) is 0 Å². The maximum Gasteiger partial charge on any atom is 0.340 e. The Kier molecular flexibility index (Phi) is 3.62. The first-order valence-corrected chi connectivity index (χ1v) is 6.44. The van der Waals surface area contributed by atoms with Gasteiger partial charge in [0.2, 0.25) is 0 Å². The van der Waals surface area contributed by atoms with Gasteiger partial charge in [0.1, 0.15) is 10.6 Å². The number of anilines is 2. The third-order valence-electron chi connectivity index (χ3n) is 2.67. The molecule has 0 aliphatic carbocycles. The van der Waals surface area contributed by atoms with Gasteiger partial charge in [0.05, 0.1) is 5.69 Å². The van der Waals surface area contributed by atoms with Crippen LogP contribution in [0.25, 0.3) is 0 Å². The van der Waals surface area contributed by atoms with Gasteiger partial charge in [-0.15, -0.1) is 0 Å². The van der Waals surface area contributed by atoms with Crippen LogP contribution >= 0.6 is 11.5 Å². The summed E-state index contributed by atoms with van der Waals surface area (Å²) in [5, 5.41) is 12.8. The van der Waals surface area contributed by atoms with Gasteiger partial charge in [-0.2, -0.15) is 4.37 Å². The zero-order valence-corrected chi connectivity index (χ0v) is 11.0. The largest absolute Gasteiger partial charge is 0.478 e. The first-order chi connectivity index (χ1) is 8.61. The van der Waals surface area contributed by atoms with Crippen LogP contribution in [0.3, 0.4) is 0 Å². The van der Waals surface area contributed by atoms with Crippen LogP contribution in [0.15, 0.2) is 24.3 Å². The molecular weight excluding hydrogens is 248 g/mol. The van der Waals surface area contributed by atoms with Crippen molar-refractivity contribution in [2.45, 2.75) is 20.3 Å². The van der Waals surface area contributed by atoms with Gasteiger partial charge < -0.3 is 10.4 Å². The minimum atomic E-state index is -0.949. The average Bonchev–Trinajstić information content (AvgIpc) is 2.70. The van der Waals surface area contributed by atoms with Crippen LogP contribution in [0.5, 0.6) is 0 Å². The monoisotopic (exact) mass is 262 g/mol. The van der Waals surface area contributed by atoms with Gasteiger partial charge >= 0.3 is 5.97 Å². The fourth-order valence-electron chi connectivity index (χ4n) is 1.71. The van der Waals surface area contributed by atoms with Crippen molar-refractivity contribution in [1.82, 2.24) is 4.37 Å². The fourth-order valence-corrected chi connectivity index (χ4v) is 2.52. The topological polar surface area (TPSA) is 62.2 Å². The number of aromatic nitrogens is 1. The summed E-state index contributed by atoms with van der Waals surface area (Å²) in [6, 6.07) is 7.93. The molecule has 0 fully saturated rings. The van der Waals surface area contributed by atoms with Gasteiger partial charge in [-0.05, 0) is 42.6 Å². The second-order valence-electron chi connectivity index (χ2n) is 3.96. The van der Waals surface area contributed by atoms with E-state index in [0.29, 0.717) is 10.7 Å². The highest BCUT2D eigenvalue weighted by atomic mass is 32.1. The van der Waals surface area contributed by atoms with E-state index in [1.165, 1.54) is 17.1 Å². The lowest BCUT2D eigenvalue weighted by atomic mass is 10.1. The SMILES string of the molecule is CCc1cccc(Nc2snc(C)c2C(=O)O)c1. The molecule has 1 aromatic heterocycles. The zero-order chi connectivity index (χ0) is 13.1. The molecule has 2 aromatic rings. The zero-order valence-electron chi connectivity index (χ0n) is 10.2. The number of nitrogens with one attached hydrogen (secondary N) is 1. The van der Waals surface area contributed by atoms with E-state index in [2.05, 4.69) is 16.6 Å². The molecule has 0 aliphatic heterocycles. The van der Waals surface area contributed by atoms with Gasteiger partial charge in [-0.1, -0.05) is 19.1 Å². The molecule has 1 heterocycles. The number of rotatable bonds is 4. The maximum absolute atomic E-state index is 11.1. The number of carboxylic acids is 1. The number of aromatic carboxylic acids is 1. The van der Waals surface area contributed by atoms with E-state index in [1.807, 2.05) is 24.3 Å². The first kappa shape index (κ1) is 12.6. The van der Waals surface area contributed by atoms with E-state index >= 15 is 0 Å². The van der Waals surface area contributed by atoms with E-state index in [1.54, 1.807) is 6.92 Å². The smallest absolute Gasteiger partial charge is 0.340 e. The molecule has 0 saturated heterocycles. The lowest BCUT2D eigenvalue weighted by Gasteiger charge is -2.06. The summed E-state index contributed by atoms with van der Waals surface area (Å²) in [4.78, 5) is 11.1. The molecule has 94 valence electrons. The summed E-state index contributed by atoms with van der Waals surface area (Å²) in [7, 11) is 0. The highest BCUT2D eigenvalue weighted by Gasteiger charge is 2.17. The molecule has 18 heavy (non-hydrogen) atoms. The molecule has 0 aliphatic rings. The predicted octanol–water partition coefficient (Wildman–Crippen LogP) is 3.46. The number of aryl methyl sites for hydroxylation is 2. The standard InChI is InChI=1S/C13H14N2O2S/c1-3-9-5-4-6-10(7-9)14-12-11(13(16)17)8(2)15-18-12/h4-7,14H,3H2,1-2H3,(H,16,17). The van der Waals surface area contributed by atoms with Crippen molar-refractivity contribution in [3.05, 3.63) is 41.1 Å². The predicted molar refractivity (Wildman–Crippen MR) is 72.9 cm³/mol. The molecule has 2 rings (SSSR count). The van der Waals surface area contributed by atoms with Gasteiger partial charge in [0.25, 0.3) is 0 Å². The third kappa shape index (κ3) is 2.51. The van der Waals surface area contributed by atoms with Crippen LogP contribution in [0.2, 0.25) is 0 Å². The van der Waals surface area contributed by atoms with Crippen LogP contribution < -0.4 is 5.32 Å². The van der Waals surface area contributed by atoms with Crippen molar-refractivity contribution < 1.29 is 9.90 Å². The maximum atomic E-state index is 11.1. The van der Waals surface area contributed by atoms with Crippen molar-refractivity contribution in [3.8, 4) is 0 Å². The van der Waals surface area contributed by atoms with Crippen LogP contribution in [0.1, 0.15) is 28.5 Å². The summed E-state index contributed by atoms with van der Waals surface area (Å²) in [5.74, 6) is -0.949. The van der Waals surface area contributed by atoms with Gasteiger partial charge in [0, 0.05) is 5.69 Å². The molecule has 0 saturated carbocycles. The minimum absolute atomic E-state index is 0.252. The minimum Gasteiger partial charge on any atom is -0.478 e. The number of carboxylic acid groups (broad SMARTS) is 1. The van der Waals surface area contributed by atoms with E-state index in [-0.39, 0.29) is 5.56 Å². The highest BCUT2D eigenvalue weighted by Crippen LogP contribution is 2.28. The molecule has 5 heteroatoms. The Labute approximate surface area is 109 Å². The Morgan fingerprint density at radius 1 is 1.50 bits per heavy atom. The number of carbonyl (C=O) groups is 1. The Morgan fingerprint density at radius 3 is 2.94 bits per heavy atom. The van der Waals surface area contributed by atoms with E-state index in [0.717, 1.165) is 12.1 Å². The van der Waals surface area contributed by atoms with Crippen molar-refractivity contribution in [3.63, 3.8) is 0 Å². The number of hydrogen-bond acceptors (Lipinski definition) is 4. The molecule has 1 aromatic carbocycles. The quantitative estimate of drug-likeness (QED) is 0.885. The molecule has 0 atom stereocenters. The van der Waals surface area contributed by atoms with Gasteiger partial charge in [-0.3, -0.25) is 0 Å². The molecule has 0 spiro atoms. The van der Waals surface area contributed by atoms with E-state index < -0.39 is 5.97 Å². The lowest BCUT2D eigenvalue weighted by molar-refractivity contribution is 0.0697. The summed E-state index contributed by atoms with van der Waals surface area (Å²) >= 11 is 1.17. The van der Waals surface area contributed by atoms with Crippen LogP contribution in [0, 0.1) is 6.92 Å². The normalized spacial score (nSPS) is 10.3. The van der Waals surface area contributed by atoms with Crippen LogP contribution in [-0.4, -0.2) is 15.4 Å². The fraction of sp³-hybridized carbons (Fsp3) is 0.231. The van der Waals surface area contributed by atoms with E-state index in [4.69, 9.17) is 5.11 Å². The highest BCUT2D eigenvalue weighted by molar-refractivity contribution is 7.10. The second kappa shape index (κ2) is 5.18. The summed E-state index contributed by atoms with van der Waals surface area (Å²) in [6.07, 6.45) is 0.947. The molecule has 0 radical (unpaired) electrons. The summed E-state index contributed by atoms with van der Waals surface area (Å²) in [5.41, 5.74) is 2.89. The van der Waals surface area contributed by atoms with Crippen molar-refractivity contribution in [2.75, 3.05) is 5.32 Å². The lowest BCUT2D eigenvalue weighted by Crippen LogP contribution is -2.01. The van der Waals surface area contributed by atoms with Crippen LogP contribution in [-0.2, 0) is 6.42 Å². The molecule has 0 unspecified atom stereocenters. The molecule has 2 N–H and O–H groups in total. The third-order valence-corrected chi connectivity index (χ3v) is 3.52. The summed E-state index contributed by atoms with van der Waals surface area (Å²) in [6.45, 7) is 3.78. The van der Waals surface area contributed by atoms with Gasteiger partial charge in [-0.25, -0.2) is 4.79 Å². The first-order valence-electron chi connectivity index (χ1n) is 5.67. The molecule has 0 amide bonds. The number of benzene rings is 1. The van der Waals surface area contributed by atoms with Crippen molar-refractivity contribution in [1.29, 1.82) is 0 Å². The molecule has 0 bridgehead atoms. The van der Waals surface area contributed by atoms with Crippen molar-refractivity contribution in [2.24, 2.45) is 0 Å².